The van der Waals surface area contributed by atoms with E-state index in [1.807, 2.05) is 0 Å². The average molecular weight is 265 g/mol. The first-order valence-corrected chi connectivity index (χ1v) is 5.36. The Kier molecular flexibility index (Phi) is 4.69. The summed E-state index contributed by atoms with van der Waals surface area (Å²) in [5, 5.41) is 2.50. The van der Waals surface area contributed by atoms with Gasteiger partial charge in [-0.3, -0.25) is 9.59 Å². The molecule has 7 N–H and O–H groups in total. The Morgan fingerprint density at radius 3 is 1.89 bits per heavy atom. The van der Waals surface area contributed by atoms with Gasteiger partial charge in [0, 0.05) is 11.4 Å². The number of nitrogens with one attached hydrogen (secondary N) is 1. The molecule has 0 bridgehead atoms. The third-order valence-electron chi connectivity index (χ3n) is 2.14. The van der Waals surface area contributed by atoms with Crippen LogP contribution in [0.3, 0.4) is 0 Å². The number of amides is 4. The van der Waals surface area contributed by atoms with Crippen molar-refractivity contribution in [1.29, 1.82) is 0 Å². The van der Waals surface area contributed by atoms with Gasteiger partial charge in [0.15, 0.2) is 0 Å². The molecule has 19 heavy (non-hydrogen) atoms. The summed E-state index contributed by atoms with van der Waals surface area (Å²) in [6.07, 6.45) is 0. The summed E-state index contributed by atoms with van der Waals surface area (Å²) in [5.41, 5.74) is 16.5. The molecule has 8 heteroatoms. The van der Waals surface area contributed by atoms with E-state index in [1.54, 1.807) is 24.3 Å². The number of carbonyl (C=O) groups excluding carboxylic acids is 3. The Balaban J connectivity index is 2.73. The molecule has 8 nitrogen and oxygen atoms in total. The number of benzene rings is 1. The molecule has 1 aromatic carbocycles. The Morgan fingerprint density at radius 1 is 1.00 bits per heavy atom. The van der Waals surface area contributed by atoms with Crippen molar-refractivity contribution in [3.63, 3.8) is 0 Å². The third-order valence-corrected chi connectivity index (χ3v) is 2.14. The van der Waals surface area contributed by atoms with Gasteiger partial charge < -0.3 is 27.4 Å². The molecular weight excluding hydrogens is 250 g/mol. The lowest BCUT2D eigenvalue weighted by molar-refractivity contribution is -0.120. The lowest BCUT2D eigenvalue weighted by Gasteiger charge is -2.20. The molecular formula is C11H15N5O3. The van der Waals surface area contributed by atoms with Crippen LogP contribution in [0.4, 0.5) is 16.2 Å². The van der Waals surface area contributed by atoms with E-state index in [2.05, 4.69) is 5.32 Å². The summed E-state index contributed by atoms with van der Waals surface area (Å²) in [6, 6.07) is 5.71. The van der Waals surface area contributed by atoms with E-state index in [0.717, 1.165) is 4.90 Å². The minimum Gasteiger partial charge on any atom is -0.399 e. The van der Waals surface area contributed by atoms with Crippen molar-refractivity contribution in [1.82, 2.24) is 4.90 Å². The second-order valence-corrected chi connectivity index (χ2v) is 3.84. The van der Waals surface area contributed by atoms with Gasteiger partial charge in [0.25, 0.3) is 0 Å². The number of carbonyl (C=O) groups is 3. The topological polar surface area (TPSA) is 145 Å². The van der Waals surface area contributed by atoms with E-state index in [4.69, 9.17) is 17.2 Å². The van der Waals surface area contributed by atoms with Crippen LogP contribution >= 0.6 is 0 Å². The van der Waals surface area contributed by atoms with Gasteiger partial charge in [-0.05, 0) is 24.3 Å². The first-order chi connectivity index (χ1) is 8.88. The van der Waals surface area contributed by atoms with Crippen molar-refractivity contribution in [2.24, 2.45) is 11.5 Å². The van der Waals surface area contributed by atoms with Gasteiger partial charge in [-0.2, -0.15) is 0 Å². The predicted octanol–water partition coefficient (Wildman–Crippen LogP) is -0.927. The minimum atomic E-state index is -0.742. The number of hydrogen-bond acceptors (Lipinski definition) is 4. The van der Waals surface area contributed by atoms with Crippen molar-refractivity contribution in [3.05, 3.63) is 24.3 Å². The number of nitrogen functional groups attached to an aromatic ring is 1. The first-order valence-electron chi connectivity index (χ1n) is 5.36. The summed E-state index contributed by atoms with van der Waals surface area (Å²) < 4.78 is 0. The van der Waals surface area contributed by atoms with Crippen molar-refractivity contribution in [2.45, 2.75) is 0 Å². The molecule has 4 amide bonds. The Hall–Kier alpha value is -2.77. The second kappa shape index (κ2) is 6.24. The number of rotatable bonds is 5. The van der Waals surface area contributed by atoms with Crippen LogP contribution in [0.15, 0.2) is 24.3 Å². The zero-order valence-electron chi connectivity index (χ0n) is 10.1. The van der Waals surface area contributed by atoms with Gasteiger partial charge in [-0.1, -0.05) is 0 Å². The molecule has 0 aromatic heterocycles. The van der Waals surface area contributed by atoms with E-state index in [0.29, 0.717) is 11.4 Å². The van der Waals surface area contributed by atoms with Crippen LogP contribution in [0.1, 0.15) is 0 Å². The quantitative estimate of drug-likeness (QED) is 0.510. The number of primary amides is 2. The van der Waals surface area contributed by atoms with Crippen LogP contribution in [0, 0.1) is 0 Å². The Morgan fingerprint density at radius 2 is 1.47 bits per heavy atom. The summed E-state index contributed by atoms with van der Waals surface area (Å²) in [6.45, 7) is -0.798. The highest BCUT2D eigenvalue weighted by atomic mass is 16.2. The van der Waals surface area contributed by atoms with Crippen molar-refractivity contribution in [3.8, 4) is 0 Å². The predicted molar refractivity (Wildman–Crippen MR) is 69.8 cm³/mol. The monoisotopic (exact) mass is 265 g/mol. The number of nitrogens with zero attached hydrogens (tertiary/aromatic N) is 1. The molecule has 0 saturated carbocycles. The van der Waals surface area contributed by atoms with Crippen LogP contribution in [-0.2, 0) is 9.59 Å². The van der Waals surface area contributed by atoms with Crippen molar-refractivity contribution >= 4 is 29.2 Å². The van der Waals surface area contributed by atoms with Gasteiger partial charge in [0.05, 0.1) is 0 Å². The van der Waals surface area contributed by atoms with E-state index in [1.165, 1.54) is 0 Å². The summed E-state index contributed by atoms with van der Waals surface area (Å²) in [4.78, 5) is 34.4. The van der Waals surface area contributed by atoms with Crippen LogP contribution in [0.2, 0.25) is 0 Å². The van der Waals surface area contributed by atoms with Crippen LogP contribution in [0.5, 0.6) is 0 Å². The zero-order valence-corrected chi connectivity index (χ0v) is 10.1. The molecule has 0 aliphatic carbocycles. The molecule has 1 rings (SSSR count). The maximum Gasteiger partial charge on any atom is 0.322 e. The van der Waals surface area contributed by atoms with Crippen molar-refractivity contribution < 1.29 is 14.4 Å². The van der Waals surface area contributed by atoms with Gasteiger partial charge in [-0.25, -0.2) is 4.79 Å². The van der Waals surface area contributed by atoms with Crippen LogP contribution < -0.4 is 22.5 Å². The lowest BCUT2D eigenvalue weighted by Crippen LogP contribution is -2.45. The van der Waals surface area contributed by atoms with E-state index >= 15 is 0 Å². The average Bonchev–Trinajstić information content (AvgIpc) is 2.30. The molecule has 0 aliphatic heterocycles. The summed E-state index contributed by atoms with van der Waals surface area (Å²) in [7, 11) is 0. The normalized spacial score (nSPS) is 9.68. The van der Waals surface area contributed by atoms with Gasteiger partial charge in [0.2, 0.25) is 11.8 Å². The number of hydrogen-bond donors (Lipinski definition) is 4. The smallest absolute Gasteiger partial charge is 0.322 e. The fraction of sp³-hybridized carbons (Fsp3) is 0.182. The highest BCUT2D eigenvalue weighted by molar-refractivity contribution is 5.94. The molecule has 0 atom stereocenters. The van der Waals surface area contributed by atoms with Crippen LogP contribution in [0.25, 0.3) is 0 Å². The van der Waals surface area contributed by atoms with E-state index < -0.39 is 30.9 Å². The molecule has 0 unspecified atom stereocenters. The fourth-order valence-electron chi connectivity index (χ4n) is 1.34. The molecule has 0 radical (unpaired) electrons. The second-order valence-electron chi connectivity index (χ2n) is 3.84. The largest absolute Gasteiger partial charge is 0.399 e. The molecule has 0 spiro atoms. The highest BCUT2D eigenvalue weighted by Crippen LogP contribution is 2.11. The van der Waals surface area contributed by atoms with Gasteiger partial charge >= 0.3 is 6.03 Å². The summed E-state index contributed by atoms with van der Waals surface area (Å²) >= 11 is 0. The first kappa shape index (κ1) is 14.3. The fourth-order valence-corrected chi connectivity index (χ4v) is 1.34. The van der Waals surface area contributed by atoms with Gasteiger partial charge in [0.1, 0.15) is 13.1 Å². The Labute approximate surface area is 109 Å². The maximum atomic E-state index is 11.8. The number of urea groups is 1. The molecule has 102 valence electrons. The Bertz CT molecular complexity index is 470. The molecule has 0 aliphatic rings. The van der Waals surface area contributed by atoms with Crippen LogP contribution in [-0.4, -0.2) is 35.8 Å². The van der Waals surface area contributed by atoms with E-state index in [9.17, 15) is 14.4 Å². The molecule has 0 fully saturated rings. The van der Waals surface area contributed by atoms with Gasteiger partial charge in [-0.15, -0.1) is 0 Å². The maximum absolute atomic E-state index is 11.8. The SMILES string of the molecule is NC(=O)CN(CC(N)=O)C(=O)Nc1ccc(N)cc1. The minimum absolute atomic E-state index is 0.399. The zero-order chi connectivity index (χ0) is 14.4. The third kappa shape index (κ3) is 4.94. The summed E-state index contributed by atoms with van der Waals surface area (Å²) in [5.74, 6) is -1.48. The molecule has 1 aromatic rings. The number of nitrogens with two attached hydrogens (primary N) is 3. The van der Waals surface area contributed by atoms with E-state index in [-0.39, 0.29) is 0 Å². The highest BCUT2D eigenvalue weighted by Gasteiger charge is 2.17. The molecule has 0 saturated heterocycles. The molecule has 0 heterocycles. The lowest BCUT2D eigenvalue weighted by atomic mass is 10.3. The van der Waals surface area contributed by atoms with Crippen molar-refractivity contribution in [2.75, 3.05) is 24.1 Å². The number of anilines is 2. The standard InChI is InChI=1S/C11H15N5O3/c12-7-1-3-8(4-2-7)15-11(19)16(5-9(13)17)6-10(14)18/h1-4H,5-6,12H2,(H2,13,17)(H2,14,18)(H,15,19).